The Morgan fingerprint density at radius 3 is 2.76 bits per heavy atom. The average Bonchev–Trinajstić information content (AvgIpc) is 2.81. The van der Waals surface area contributed by atoms with E-state index in [4.69, 9.17) is 0 Å². The van der Waals surface area contributed by atoms with Gasteiger partial charge in [-0.1, -0.05) is 19.8 Å². The van der Waals surface area contributed by atoms with Crippen LogP contribution in [0, 0.1) is 5.92 Å². The minimum atomic E-state index is -4.57. The topological polar surface area (TPSA) is 55.1 Å². The molecule has 1 aliphatic rings. The lowest BCUT2D eigenvalue weighted by Crippen LogP contribution is -2.27. The molecule has 0 amide bonds. The van der Waals surface area contributed by atoms with Gasteiger partial charge in [0.25, 0.3) is 5.82 Å². The van der Waals surface area contributed by atoms with Crippen LogP contribution in [-0.2, 0) is 6.18 Å². The highest BCUT2D eigenvalue weighted by Gasteiger charge is 2.37. The Balaban J connectivity index is 1.86. The number of rotatable bonds is 2. The Labute approximate surface area is 119 Å². The monoisotopic (exact) mass is 299 g/mol. The van der Waals surface area contributed by atoms with Crippen LogP contribution in [0.15, 0.2) is 12.1 Å². The molecule has 114 valence electrons. The number of halogens is 3. The fraction of sp³-hybridized carbons (Fsp3) is 0.615. The number of hydrogen-bond acceptors (Lipinski definition) is 4. The number of aromatic nitrogens is 4. The standard InChI is InChI=1S/C13H16F3N5/c1-8-3-2-4-9(7-8)17-10-5-6-11-18-19-12(13(14,15)16)21(11)20-10/h5-6,8-9H,2-4,7H2,1H3,(H,17,20)/t8-,9+/m0/s1. The van der Waals surface area contributed by atoms with Crippen molar-refractivity contribution in [1.29, 1.82) is 0 Å². The summed E-state index contributed by atoms with van der Waals surface area (Å²) in [6, 6.07) is 3.39. The Morgan fingerprint density at radius 2 is 2.05 bits per heavy atom. The molecule has 2 aromatic rings. The maximum absolute atomic E-state index is 12.8. The molecule has 2 heterocycles. The second-order valence-electron chi connectivity index (χ2n) is 5.62. The molecule has 0 spiro atoms. The van der Waals surface area contributed by atoms with Crippen molar-refractivity contribution in [3.63, 3.8) is 0 Å². The van der Waals surface area contributed by atoms with Gasteiger partial charge in [-0.25, -0.2) is 0 Å². The van der Waals surface area contributed by atoms with Gasteiger partial charge < -0.3 is 5.32 Å². The molecule has 0 saturated heterocycles. The first-order valence-corrected chi connectivity index (χ1v) is 6.99. The first-order valence-electron chi connectivity index (χ1n) is 6.99. The number of fused-ring (bicyclic) bond motifs is 1. The summed E-state index contributed by atoms with van der Waals surface area (Å²) < 4.78 is 39.2. The third-order valence-electron chi connectivity index (χ3n) is 3.80. The summed E-state index contributed by atoms with van der Waals surface area (Å²) in [4.78, 5) is 0. The molecule has 1 aliphatic carbocycles. The molecule has 0 aromatic carbocycles. The van der Waals surface area contributed by atoms with Gasteiger partial charge in [-0.3, -0.25) is 0 Å². The Kier molecular flexibility index (Phi) is 3.46. The first-order chi connectivity index (χ1) is 9.93. The molecule has 1 fully saturated rings. The molecule has 3 rings (SSSR count). The summed E-state index contributed by atoms with van der Waals surface area (Å²) in [7, 11) is 0. The van der Waals surface area contributed by atoms with Crippen molar-refractivity contribution >= 4 is 11.5 Å². The van der Waals surface area contributed by atoms with E-state index in [-0.39, 0.29) is 11.7 Å². The molecule has 1 N–H and O–H groups in total. The number of anilines is 1. The highest BCUT2D eigenvalue weighted by molar-refractivity contribution is 5.44. The molecule has 21 heavy (non-hydrogen) atoms. The Morgan fingerprint density at radius 1 is 1.24 bits per heavy atom. The molecule has 2 aromatic heterocycles. The van der Waals surface area contributed by atoms with Crippen LogP contribution >= 0.6 is 0 Å². The van der Waals surface area contributed by atoms with Crippen molar-refractivity contribution in [2.75, 3.05) is 5.32 Å². The zero-order chi connectivity index (χ0) is 15.0. The van der Waals surface area contributed by atoms with E-state index in [1.807, 2.05) is 0 Å². The lowest BCUT2D eigenvalue weighted by molar-refractivity contribution is -0.146. The summed E-state index contributed by atoms with van der Waals surface area (Å²) >= 11 is 0. The van der Waals surface area contributed by atoms with E-state index in [1.54, 1.807) is 6.07 Å². The molecule has 0 unspecified atom stereocenters. The minimum Gasteiger partial charge on any atom is -0.366 e. The molecule has 5 nitrogen and oxygen atoms in total. The van der Waals surface area contributed by atoms with Crippen LogP contribution in [0.25, 0.3) is 5.65 Å². The predicted octanol–water partition coefficient (Wildman–Crippen LogP) is 3.13. The van der Waals surface area contributed by atoms with Crippen molar-refractivity contribution in [1.82, 2.24) is 19.8 Å². The van der Waals surface area contributed by atoms with Crippen molar-refractivity contribution < 1.29 is 13.2 Å². The third-order valence-corrected chi connectivity index (χ3v) is 3.80. The van der Waals surface area contributed by atoms with Crippen molar-refractivity contribution in [2.24, 2.45) is 5.92 Å². The quantitative estimate of drug-likeness (QED) is 0.925. The third kappa shape index (κ3) is 2.93. The largest absolute Gasteiger partial charge is 0.453 e. The van der Waals surface area contributed by atoms with Crippen molar-refractivity contribution in [3.8, 4) is 0 Å². The summed E-state index contributed by atoms with van der Waals surface area (Å²) in [5.41, 5.74) is 0.0879. The predicted molar refractivity (Wildman–Crippen MR) is 70.8 cm³/mol. The van der Waals surface area contributed by atoms with E-state index < -0.39 is 12.0 Å². The lowest BCUT2D eigenvalue weighted by atomic mass is 9.87. The van der Waals surface area contributed by atoms with E-state index in [2.05, 4.69) is 27.5 Å². The Hall–Kier alpha value is -1.86. The van der Waals surface area contributed by atoms with Gasteiger partial charge in [-0.15, -0.1) is 15.3 Å². The molecular weight excluding hydrogens is 283 g/mol. The second-order valence-corrected chi connectivity index (χ2v) is 5.62. The number of hydrogen-bond donors (Lipinski definition) is 1. The van der Waals surface area contributed by atoms with E-state index in [0.717, 1.165) is 23.8 Å². The van der Waals surface area contributed by atoms with Crippen LogP contribution < -0.4 is 5.32 Å². The van der Waals surface area contributed by atoms with Crippen molar-refractivity contribution in [2.45, 2.75) is 44.8 Å². The van der Waals surface area contributed by atoms with Gasteiger partial charge in [0.15, 0.2) is 5.65 Å². The Bertz CT molecular complexity index is 636. The number of nitrogens with one attached hydrogen (secondary N) is 1. The molecule has 0 radical (unpaired) electrons. The average molecular weight is 299 g/mol. The zero-order valence-electron chi connectivity index (χ0n) is 11.6. The molecule has 1 saturated carbocycles. The van der Waals surface area contributed by atoms with Crippen LogP contribution in [-0.4, -0.2) is 25.9 Å². The molecule has 8 heteroatoms. The molecule has 2 atom stereocenters. The van der Waals surface area contributed by atoms with Gasteiger partial charge >= 0.3 is 6.18 Å². The maximum atomic E-state index is 12.8. The normalized spacial score (nSPS) is 23.4. The molecule has 0 bridgehead atoms. The second kappa shape index (κ2) is 5.16. The lowest BCUT2D eigenvalue weighted by Gasteiger charge is -2.27. The van der Waals surface area contributed by atoms with E-state index in [1.165, 1.54) is 12.5 Å². The smallest absolute Gasteiger partial charge is 0.366 e. The van der Waals surface area contributed by atoms with Crippen LogP contribution in [0.2, 0.25) is 0 Å². The van der Waals surface area contributed by atoms with E-state index in [9.17, 15) is 13.2 Å². The summed E-state index contributed by atoms with van der Waals surface area (Å²) in [5, 5.41) is 13.9. The van der Waals surface area contributed by atoms with Gasteiger partial charge in [0.05, 0.1) is 0 Å². The molecule has 0 aliphatic heterocycles. The van der Waals surface area contributed by atoms with Crippen LogP contribution in [0.4, 0.5) is 19.0 Å². The zero-order valence-corrected chi connectivity index (χ0v) is 11.6. The van der Waals surface area contributed by atoms with Crippen LogP contribution in [0.3, 0.4) is 0 Å². The SMILES string of the molecule is C[C@H]1CCC[C@@H](Nc2ccc3nnc(C(F)(F)F)n3n2)C1. The van der Waals surface area contributed by atoms with Gasteiger partial charge in [0.2, 0.25) is 0 Å². The van der Waals surface area contributed by atoms with Crippen LogP contribution in [0.1, 0.15) is 38.4 Å². The highest BCUT2D eigenvalue weighted by atomic mass is 19.4. The van der Waals surface area contributed by atoms with Gasteiger partial charge in [0.1, 0.15) is 5.82 Å². The van der Waals surface area contributed by atoms with E-state index in [0.29, 0.717) is 11.7 Å². The first kappa shape index (κ1) is 14.1. The fourth-order valence-electron chi connectivity index (χ4n) is 2.82. The summed E-state index contributed by atoms with van der Waals surface area (Å²) in [6.45, 7) is 2.19. The van der Waals surface area contributed by atoms with Gasteiger partial charge in [-0.05, 0) is 30.9 Å². The van der Waals surface area contributed by atoms with Gasteiger partial charge in [0, 0.05) is 6.04 Å². The van der Waals surface area contributed by atoms with Crippen LogP contribution in [0.5, 0.6) is 0 Å². The van der Waals surface area contributed by atoms with Crippen molar-refractivity contribution in [3.05, 3.63) is 18.0 Å². The fourth-order valence-corrected chi connectivity index (χ4v) is 2.82. The number of nitrogens with zero attached hydrogens (tertiary/aromatic N) is 4. The molecular formula is C13H16F3N5. The maximum Gasteiger partial charge on any atom is 0.453 e. The van der Waals surface area contributed by atoms with E-state index >= 15 is 0 Å². The highest BCUT2D eigenvalue weighted by Crippen LogP contribution is 2.28. The van der Waals surface area contributed by atoms with Gasteiger partial charge in [-0.2, -0.15) is 17.7 Å². The number of alkyl halides is 3. The summed E-state index contributed by atoms with van der Waals surface area (Å²) in [6.07, 6.45) is -0.216. The summed E-state index contributed by atoms with van der Waals surface area (Å²) in [5.74, 6) is -0.0503. The minimum absolute atomic E-state index is 0.0879.